The highest BCUT2D eigenvalue weighted by Gasteiger charge is 2.26. The van der Waals surface area contributed by atoms with Crippen LogP contribution < -0.4 is 10.6 Å². The van der Waals surface area contributed by atoms with E-state index in [1.54, 1.807) is 35.0 Å². The molecule has 0 bridgehead atoms. The number of anilines is 1. The van der Waals surface area contributed by atoms with Gasteiger partial charge < -0.3 is 25.0 Å². The first-order valence-electron chi connectivity index (χ1n) is 14.3. The Kier molecular flexibility index (Phi) is 9.87. The third kappa shape index (κ3) is 6.74. The number of fused-ring (bicyclic) bond motifs is 1. The van der Waals surface area contributed by atoms with Crippen LogP contribution in [0.2, 0.25) is 5.02 Å². The highest BCUT2D eigenvalue weighted by atomic mass is 35.5. The van der Waals surface area contributed by atoms with Crippen molar-refractivity contribution in [3.05, 3.63) is 64.5 Å². The van der Waals surface area contributed by atoms with Gasteiger partial charge in [0, 0.05) is 73.9 Å². The average Bonchev–Trinajstić information content (AvgIpc) is 3.57. The number of halogens is 2. The van der Waals surface area contributed by atoms with Gasteiger partial charge in [0.2, 0.25) is 5.91 Å². The van der Waals surface area contributed by atoms with Crippen molar-refractivity contribution in [2.45, 2.75) is 26.2 Å². The normalized spacial score (nSPS) is 13.5. The van der Waals surface area contributed by atoms with Gasteiger partial charge in [-0.3, -0.25) is 19.5 Å². The number of benzene rings is 2. The average molecular weight is 641 g/mol. The van der Waals surface area contributed by atoms with Crippen molar-refractivity contribution < 1.29 is 18.8 Å². The third-order valence-electron chi connectivity index (χ3n) is 7.78. The zero-order valence-corrected chi connectivity index (χ0v) is 26.1. The topological polar surface area (TPSA) is 128 Å². The fourth-order valence-corrected chi connectivity index (χ4v) is 5.69. The lowest BCUT2D eigenvalue weighted by molar-refractivity contribution is -0.132. The van der Waals surface area contributed by atoms with Gasteiger partial charge in [0.15, 0.2) is 5.82 Å². The van der Waals surface area contributed by atoms with Crippen LogP contribution in [0.1, 0.15) is 45.9 Å². The largest absolute Gasteiger partial charge is 0.339 e. The second-order valence-corrected chi connectivity index (χ2v) is 11.4. The molecule has 0 unspecified atom stereocenters. The molecule has 0 radical (unpaired) electrons. The van der Waals surface area contributed by atoms with Gasteiger partial charge in [0.25, 0.3) is 11.8 Å². The Labute approximate surface area is 264 Å². The third-order valence-corrected chi connectivity index (χ3v) is 8.32. The van der Waals surface area contributed by atoms with Gasteiger partial charge in [0.05, 0.1) is 28.0 Å². The van der Waals surface area contributed by atoms with Gasteiger partial charge >= 0.3 is 0 Å². The molecule has 232 valence electrons. The molecule has 0 atom stereocenters. The Morgan fingerprint density at radius 2 is 1.84 bits per heavy atom. The van der Waals surface area contributed by atoms with E-state index < -0.39 is 11.7 Å². The molecule has 5 rings (SSSR count). The predicted molar refractivity (Wildman–Crippen MR) is 171 cm³/mol. The van der Waals surface area contributed by atoms with Crippen LogP contribution in [0.3, 0.4) is 0 Å². The summed E-state index contributed by atoms with van der Waals surface area (Å²) in [6, 6.07) is 7.70. The first-order valence-corrected chi connectivity index (χ1v) is 15.3. The number of piperazine rings is 1. The van der Waals surface area contributed by atoms with Crippen LogP contribution in [0.4, 0.5) is 10.1 Å². The SMILES string of the molecule is Cc1[nH]nc2cc(F)c(-c3cnc(C(=O)Nc4ccc(C(=O)N5CCN(C(=O)CCCCNCS)CC5)c(Cl)c4)n3C)cc12. The molecule has 3 heterocycles. The smallest absolute Gasteiger partial charge is 0.291 e. The number of rotatable bonds is 10. The second-order valence-electron chi connectivity index (χ2n) is 10.7. The number of nitrogens with zero attached hydrogens (tertiary/aromatic N) is 5. The molecule has 4 aromatic rings. The van der Waals surface area contributed by atoms with E-state index in [0.29, 0.717) is 66.5 Å². The van der Waals surface area contributed by atoms with Gasteiger partial charge in [0.1, 0.15) is 5.82 Å². The highest BCUT2D eigenvalue weighted by Crippen LogP contribution is 2.29. The van der Waals surface area contributed by atoms with Crippen LogP contribution in [0, 0.1) is 12.7 Å². The molecular weight excluding hydrogens is 607 g/mol. The lowest BCUT2D eigenvalue weighted by Crippen LogP contribution is -2.50. The predicted octanol–water partition coefficient (Wildman–Crippen LogP) is 4.25. The van der Waals surface area contributed by atoms with Gasteiger partial charge in [-0.05, 0) is 50.6 Å². The molecule has 2 aromatic heterocycles. The summed E-state index contributed by atoms with van der Waals surface area (Å²) in [6.07, 6.45) is 3.64. The van der Waals surface area contributed by atoms with Crippen LogP contribution in [0.15, 0.2) is 36.5 Å². The molecule has 11 nitrogen and oxygen atoms in total. The van der Waals surface area contributed by atoms with E-state index in [-0.39, 0.29) is 22.7 Å². The Balaban J connectivity index is 1.19. The number of aromatic amines is 1. The maximum atomic E-state index is 14.9. The number of aromatic nitrogens is 4. The fourth-order valence-electron chi connectivity index (χ4n) is 5.27. The zero-order valence-electron chi connectivity index (χ0n) is 24.5. The molecule has 1 saturated heterocycles. The Bertz CT molecular complexity index is 1700. The molecule has 1 aliphatic rings. The van der Waals surface area contributed by atoms with Crippen molar-refractivity contribution >= 4 is 58.5 Å². The lowest BCUT2D eigenvalue weighted by atomic mass is 10.1. The molecular formula is C30H34ClFN8O3S. The Hall–Kier alpha value is -3.94. The van der Waals surface area contributed by atoms with Crippen LogP contribution in [0.25, 0.3) is 22.2 Å². The van der Waals surface area contributed by atoms with E-state index in [4.69, 9.17) is 11.6 Å². The first kappa shape index (κ1) is 31.5. The number of thiol groups is 1. The van der Waals surface area contributed by atoms with E-state index in [1.807, 2.05) is 6.92 Å². The van der Waals surface area contributed by atoms with Crippen molar-refractivity contribution in [1.82, 2.24) is 34.9 Å². The summed E-state index contributed by atoms with van der Waals surface area (Å²) in [5.41, 5.74) is 2.72. The number of imidazole rings is 1. The molecule has 0 saturated carbocycles. The summed E-state index contributed by atoms with van der Waals surface area (Å²) in [5.74, 6) is -0.452. The van der Waals surface area contributed by atoms with Gasteiger partial charge in [-0.25, -0.2) is 9.37 Å². The summed E-state index contributed by atoms with van der Waals surface area (Å²) in [4.78, 5) is 46.5. The van der Waals surface area contributed by atoms with Gasteiger partial charge in [-0.2, -0.15) is 17.7 Å². The number of hydrogen-bond donors (Lipinski definition) is 4. The standard InChI is InChI=1S/C30H34ClFN8O3S/c1-18-21-14-22(24(32)15-25(21)37-36-18)26-16-34-28(38(26)2)29(42)35-19-6-7-20(23(31)13-19)30(43)40-11-9-39(10-12-40)27(41)5-3-4-8-33-17-44/h6-7,13-16,33,44H,3-5,8-12,17H2,1-2H3,(H,35,42)(H,36,37). The number of H-pyrrole nitrogens is 1. The van der Waals surface area contributed by atoms with E-state index >= 15 is 0 Å². The zero-order chi connectivity index (χ0) is 31.4. The number of carbonyl (C=O) groups is 3. The molecule has 14 heteroatoms. The molecule has 1 aliphatic heterocycles. The van der Waals surface area contributed by atoms with Crippen molar-refractivity contribution in [3.63, 3.8) is 0 Å². The fraction of sp³-hybridized carbons (Fsp3) is 0.367. The lowest BCUT2D eigenvalue weighted by Gasteiger charge is -2.35. The molecule has 3 amide bonds. The van der Waals surface area contributed by atoms with E-state index in [9.17, 15) is 18.8 Å². The first-order chi connectivity index (χ1) is 21.2. The van der Waals surface area contributed by atoms with E-state index in [2.05, 4.69) is 38.4 Å². The quantitative estimate of drug-likeness (QED) is 0.117. The summed E-state index contributed by atoms with van der Waals surface area (Å²) in [5, 5.41) is 13.8. The molecule has 2 aromatic carbocycles. The second kappa shape index (κ2) is 13.8. The summed E-state index contributed by atoms with van der Waals surface area (Å²) in [7, 11) is 1.63. The number of unbranched alkanes of at least 4 members (excludes halogenated alkanes) is 1. The summed E-state index contributed by atoms with van der Waals surface area (Å²) < 4.78 is 16.4. The minimum absolute atomic E-state index is 0.0708. The number of carbonyl (C=O) groups excluding carboxylic acids is 3. The van der Waals surface area contributed by atoms with Crippen molar-refractivity contribution in [3.8, 4) is 11.3 Å². The van der Waals surface area contributed by atoms with Gasteiger partial charge in [-0.15, -0.1) is 0 Å². The van der Waals surface area contributed by atoms with Crippen molar-refractivity contribution in [2.75, 3.05) is 43.9 Å². The number of hydrogen-bond acceptors (Lipinski definition) is 7. The Morgan fingerprint density at radius 1 is 1.09 bits per heavy atom. The van der Waals surface area contributed by atoms with Gasteiger partial charge in [-0.1, -0.05) is 11.6 Å². The van der Waals surface area contributed by atoms with Crippen molar-refractivity contribution in [2.24, 2.45) is 7.05 Å². The van der Waals surface area contributed by atoms with Crippen molar-refractivity contribution in [1.29, 1.82) is 0 Å². The number of amides is 3. The molecule has 3 N–H and O–H groups in total. The Morgan fingerprint density at radius 3 is 2.57 bits per heavy atom. The van der Waals surface area contributed by atoms with Crippen LogP contribution in [-0.4, -0.2) is 85.9 Å². The summed E-state index contributed by atoms with van der Waals surface area (Å²) >= 11 is 10.6. The van der Waals surface area contributed by atoms with Crippen LogP contribution in [0.5, 0.6) is 0 Å². The highest BCUT2D eigenvalue weighted by molar-refractivity contribution is 7.80. The molecule has 44 heavy (non-hydrogen) atoms. The maximum Gasteiger partial charge on any atom is 0.291 e. The van der Waals surface area contributed by atoms with E-state index in [1.165, 1.54) is 22.9 Å². The summed E-state index contributed by atoms with van der Waals surface area (Å²) in [6.45, 7) is 4.44. The minimum atomic E-state index is -0.520. The van der Waals surface area contributed by atoms with E-state index in [0.717, 1.165) is 30.5 Å². The monoisotopic (exact) mass is 640 g/mol. The number of nitrogens with one attached hydrogen (secondary N) is 3. The van der Waals surface area contributed by atoms with Crippen LogP contribution in [-0.2, 0) is 11.8 Å². The minimum Gasteiger partial charge on any atom is -0.339 e. The molecule has 0 aliphatic carbocycles. The molecule has 1 fully saturated rings. The maximum absolute atomic E-state index is 14.9. The van der Waals surface area contributed by atoms with Crippen LogP contribution >= 0.6 is 24.2 Å². The number of aryl methyl sites for hydroxylation is 1. The molecule has 0 spiro atoms.